The maximum absolute atomic E-state index is 15.2. The molecule has 2 N–H and O–H groups in total. The Morgan fingerprint density at radius 2 is 1.61 bits per heavy atom. The van der Waals surface area contributed by atoms with Crippen molar-refractivity contribution in [1.82, 2.24) is 5.01 Å². The number of nitrogens with one attached hydrogen (secondary N) is 1. The maximum atomic E-state index is 15.2. The van der Waals surface area contributed by atoms with E-state index in [0.717, 1.165) is 5.01 Å². The van der Waals surface area contributed by atoms with Crippen LogP contribution < -0.4 is 15.1 Å². The molecule has 51 heavy (non-hydrogen) atoms. The van der Waals surface area contributed by atoms with Crippen molar-refractivity contribution < 1.29 is 33.4 Å². The van der Waals surface area contributed by atoms with E-state index in [0.29, 0.717) is 38.4 Å². The molecule has 3 heterocycles. The van der Waals surface area contributed by atoms with Gasteiger partial charge in [-0.05, 0) is 91.1 Å². The fourth-order valence-corrected chi connectivity index (χ4v) is 9.21. The second kappa shape index (κ2) is 12.6. The number of hydrazine groups is 1. The summed E-state index contributed by atoms with van der Waals surface area (Å²) in [5, 5.41) is 12.0. The molecule has 4 amide bonds. The highest BCUT2D eigenvalue weighted by atomic mass is 35.5. The quantitative estimate of drug-likeness (QED) is 0.154. The third kappa shape index (κ3) is 5.03. The van der Waals surface area contributed by atoms with Crippen LogP contribution in [0.4, 0.5) is 11.4 Å². The van der Waals surface area contributed by atoms with Gasteiger partial charge < -0.3 is 14.3 Å². The van der Waals surface area contributed by atoms with Gasteiger partial charge in [-0.2, -0.15) is 5.01 Å². The summed E-state index contributed by atoms with van der Waals surface area (Å²) < 4.78 is 11.7. The maximum Gasteiger partial charge on any atom is 0.260 e. The molecule has 2 saturated heterocycles. The minimum absolute atomic E-state index is 0.0909. The van der Waals surface area contributed by atoms with Crippen molar-refractivity contribution in [1.29, 1.82) is 0 Å². The van der Waals surface area contributed by atoms with Gasteiger partial charge in [0, 0.05) is 10.0 Å². The highest BCUT2D eigenvalue weighted by molar-refractivity contribution is 6.36. The molecule has 3 aromatic carbocycles. The number of anilines is 2. The van der Waals surface area contributed by atoms with E-state index in [9.17, 15) is 19.5 Å². The minimum atomic E-state index is -1.57. The predicted octanol–water partition coefficient (Wildman–Crippen LogP) is 6.93. The Labute approximate surface area is 307 Å². The summed E-state index contributed by atoms with van der Waals surface area (Å²) in [6.45, 7) is -0.391. The highest BCUT2D eigenvalue weighted by Gasteiger charge is 2.71. The van der Waals surface area contributed by atoms with Gasteiger partial charge in [-0.15, -0.1) is 0 Å². The number of hydrogen-bond acceptors (Lipinski definition) is 8. The van der Waals surface area contributed by atoms with E-state index in [1.165, 1.54) is 18.1 Å². The fourth-order valence-electron chi connectivity index (χ4n) is 8.63. The van der Waals surface area contributed by atoms with Crippen LogP contribution in [0.15, 0.2) is 94.9 Å². The number of hydrogen-bond donors (Lipinski definition) is 2. The molecule has 3 fully saturated rings. The van der Waals surface area contributed by atoms with Crippen LogP contribution in [0.5, 0.6) is 5.75 Å². The lowest BCUT2D eigenvalue weighted by atomic mass is 9.50. The van der Waals surface area contributed by atoms with E-state index >= 15 is 4.79 Å². The number of carbonyl (C=O) groups is 4. The number of halogens is 3. The average molecular weight is 747 g/mol. The second-order valence-electron chi connectivity index (χ2n) is 13.2. The number of aliphatic hydroxyl groups excluding tert-OH is 1. The van der Waals surface area contributed by atoms with Gasteiger partial charge in [0.2, 0.25) is 11.8 Å². The Kier molecular flexibility index (Phi) is 8.26. The van der Waals surface area contributed by atoms with Crippen molar-refractivity contribution in [3.05, 3.63) is 123 Å². The third-order valence-electron chi connectivity index (χ3n) is 10.8. The van der Waals surface area contributed by atoms with Crippen LogP contribution >= 0.6 is 34.8 Å². The Hall–Kier alpha value is -4.61. The summed E-state index contributed by atoms with van der Waals surface area (Å²) >= 11 is 18.8. The van der Waals surface area contributed by atoms with Gasteiger partial charge >= 0.3 is 0 Å². The summed E-state index contributed by atoms with van der Waals surface area (Å²) in [4.78, 5) is 59.5. The average Bonchev–Trinajstić information content (AvgIpc) is 3.77. The largest absolute Gasteiger partial charge is 0.497 e. The van der Waals surface area contributed by atoms with E-state index < -0.39 is 53.4 Å². The zero-order valence-electron chi connectivity index (χ0n) is 27.0. The summed E-state index contributed by atoms with van der Waals surface area (Å²) in [6.07, 6.45) is 2.26. The number of carbonyl (C=O) groups excluding carboxylic acids is 4. The molecule has 4 aliphatic rings. The Morgan fingerprint density at radius 3 is 2.27 bits per heavy atom. The van der Waals surface area contributed by atoms with Gasteiger partial charge in [0.1, 0.15) is 29.3 Å². The number of nitrogens with zero attached hydrogens (tertiary/aromatic N) is 2. The smallest absolute Gasteiger partial charge is 0.260 e. The van der Waals surface area contributed by atoms with Gasteiger partial charge in [-0.3, -0.25) is 29.5 Å². The molecule has 0 radical (unpaired) electrons. The number of aliphatic hydroxyl groups is 1. The first-order chi connectivity index (χ1) is 24.6. The Balaban J connectivity index is 1.31. The standard InChI is InChI=1S/C38H30Cl3N3O7/c1-50-23-9-2-19(3-10-23)38-28(35(47)44(37(38)49)42-30-14-6-21(40)16-29(30)41)17-27-25(33(38)31-15-11-24(18-45)51-31)12-13-26-32(27)36(48)43(34(26)46)22-7-4-20(39)5-8-22/h2-12,14-16,26-28,32-33,42,45H,13,17-18H2,1H3/t26-,27+,28-,32-,33+,38+/m0/s1. The zero-order valence-corrected chi connectivity index (χ0v) is 29.3. The van der Waals surface area contributed by atoms with Crippen LogP contribution in [0.1, 0.15) is 35.8 Å². The molecule has 0 bridgehead atoms. The molecular weight excluding hydrogens is 717 g/mol. The molecule has 10 nitrogen and oxygen atoms in total. The van der Waals surface area contributed by atoms with Crippen molar-refractivity contribution in [2.45, 2.75) is 30.8 Å². The molecule has 0 spiro atoms. The van der Waals surface area contributed by atoms with Crippen LogP contribution in [0.3, 0.4) is 0 Å². The van der Waals surface area contributed by atoms with Crippen molar-refractivity contribution in [3.63, 3.8) is 0 Å². The van der Waals surface area contributed by atoms with E-state index in [1.54, 1.807) is 72.8 Å². The molecule has 13 heteroatoms. The molecule has 8 rings (SSSR count). The van der Waals surface area contributed by atoms with Crippen LogP contribution in [0, 0.1) is 23.7 Å². The summed E-state index contributed by atoms with van der Waals surface area (Å²) in [5.41, 5.74) is 3.33. The van der Waals surface area contributed by atoms with E-state index in [2.05, 4.69) is 5.43 Å². The second-order valence-corrected chi connectivity index (χ2v) is 14.4. The van der Waals surface area contributed by atoms with Gasteiger partial charge in [-0.1, -0.05) is 58.6 Å². The minimum Gasteiger partial charge on any atom is -0.497 e. The number of furan rings is 1. The van der Waals surface area contributed by atoms with Crippen LogP contribution in [-0.4, -0.2) is 40.9 Å². The van der Waals surface area contributed by atoms with Crippen LogP contribution in [0.2, 0.25) is 15.1 Å². The van der Waals surface area contributed by atoms with E-state index in [1.807, 2.05) is 6.08 Å². The molecule has 4 aromatic rings. The lowest BCUT2D eigenvalue weighted by molar-refractivity contribution is -0.138. The first-order valence-corrected chi connectivity index (χ1v) is 17.5. The van der Waals surface area contributed by atoms with E-state index in [-0.39, 0.29) is 41.1 Å². The van der Waals surface area contributed by atoms with Gasteiger partial charge in [0.25, 0.3) is 11.8 Å². The topological polar surface area (TPSA) is 129 Å². The third-order valence-corrected chi connectivity index (χ3v) is 11.6. The zero-order chi connectivity index (χ0) is 35.8. The van der Waals surface area contributed by atoms with Crippen molar-refractivity contribution >= 4 is 69.8 Å². The predicted molar refractivity (Wildman–Crippen MR) is 189 cm³/mol. The molecule has 2 aliphatic carbocycles. The number of benzene rings is 3. The summed E-state index contributed by atoms with van der Waals surface area (Å²) in [7, 11) is 1.53. The van der Waals surface area contributed by atoms with Gasteiger partial charge in [-0.25, -0.2) is 0 Å². The normalized spacial score (nSPS) is 26.9. The van der Waals surface area contributed by atoms with Crippen molar-refractivity contribution in [2.24, 2.45) is 23.7 Å². The number of rotatable bonds is 7. The number of ether oxygens (including phenoxy) is 1. The van der Waals surface area contributed by atoms with Crippen molar-refractivity contribution in [2.75, 3.05) is 17.4 Å². The van der Waals surface area contributed by atoms with Gasteiger partial charge in [0.15, 0.2) is 0 Å². The van der Waals surface area contributed by atoms with Crippen LogP contribution in [-0.2, 0) is 31.2 Å². The SMILES string of the molecule is COc1ccc([C@@]23C(=O)N(Nc4ccc(Cl)cc4Cl)C(=O)[C@@H]2C[C@@H]2C(=CC[C@@H]4C(=O)N(c5ccc(Cl)cc5)C(=O)[C@@H]42)[C@@H]3c2ccc(CO)o2)cc1. The van der Waals surface area contributed by atoms with Crippen molar-refractivity contribution in [3.8, 4) is 5.75 Å². The number of allylic oxidation sites excluding steroid dienone is 2. The number of imide groups is 2. The first-order valence-electron chi connectivity index (χ1n) is 16.4. The molecule has 0 unspecified atom stereocenters. The highest BCUT2D eigenvalue weighted by Crippen LogP contribution is 2.64. The number of methoxy groups -OCH3 is 1. The molecule has 260 valence electrons. The first kappa shape index (κ1) is 33.5. The Bertz CT molecular complexity index is 2130. The Morgan fingerprint density at radius 1 is 0.882 bits per heavy atom. The molecular formula is C38H30Cl3N3O7. The summed E-state index contributed by atoms with van der Waals surface area (Å²) in [5.74, 6) is -4.63. The molecule has 1 saturated carbocycles. The van der Waals surface area contributed by atoms with Gasteiger partial charge in [0.05, 0.1) is 47.2 Å². The number of fused-ring (bicyclic) bond motifs is 4. The lowest BCUT2D eigenvalue weighted by Crippen LogP contribution is -2.53. The van der Waals surface area contributed by atoms with Crippen LogP contribution in [0.25, 0.3) is 0 Å². The van der Waals surface area contributed by atoms with E-state index in [4.69, 9.17) is 44.0 Å². The lowest BCUT2D eigenvalue weighted by Gasteiger charge is -2.49. The molecule has 6 atom stereocenters. The monoisotopic (exact) mass is 745 g/mol. The summed E-state index contributed by atoms with van der Waals surface area (Å²) in [6, 6.07) is 21.5. The fraction of sp³-hybridized carbons (Fsp3) is 0.263. The number of amides is 4. The molecule has 1 aromatic heterocycles. The molecule has 2 aliphatic heterocycles.